The lowest BCUT2D eigenvalue weighted by Crippen LogP contribution is -2.61. The summed E-state index contributed by atoms with van der Waals surface area (Å²) >= 11 is 0. The fraction of sp³-hybridized carbons (Fsp3) is 0.579. The van der Waals surface area contributed by atoms with Crippen LogP contribution < -0.4 is 5.32 Å². The summed E-state index contributed by atoms with van der Waals surface area (Å²) in [6.45, 7) is 9.73. The Morgan fingerprint density at radius 3 is 2.38 bits per heavy atom. The van der Waals surface area contributed by atoms with Crippen molar-refractivity contribution >= 4 is 12.1 Å². The van der Waals surface area contributed by atoms with Crippen LogP contribution in [0.25, 0.3) is 0 Å². The summed E-state index contributed by atoms with van der Waals surface area (Å²) in [5, 5.41) is 2.86. The van der Waals surface area contributed by atoms with Crippen LogP contribution in [-0.2, 0) is 20.9 Å². The molecular formula is C19H27NO4. The van der Waals surface area contributed by atoms with Gasteiger partial charge in [0.15, 0.2) is 0 Å². The molecule has 0 heterocycles. The highest BCUT2D eigenvalue weighted by Crippen LogP contribution is 2.47. The van der Waals surface area contributed by atoms with Gasteiger partial charge >= 0.3 is 12.1 Å². The number of rotatable bonds is 4. The molecule has 2 rings (SSSR count). The van der Waals surface area contributed by atoms with Gasteiger partial charge in [-0.05, 0) is 38.2 Å². The number of carbonyl (C=O) groups excluding carboxylic acids is 2. The molecule has 0 spiro atoms. The average molecular weight is 333 g/mol. The van der Waals surface area contributed by atoms with E-state index in [0.29, 0.717) is 6.42 Å². The summed E-state index contributed by atoms with van der Waals surface area (Å²) in [5.74, 6) is -0.417. The van der Waals surface area contributed by atoms with E-state index < -0.39 is 11.7 Å². The van der Waals surface area contributed by atoms with Gasteiger partial charge in [0.25, 0.3) is 0 Å². The van der Waals surface area contributed by atoms with Crippen molar-refractivity contribution in [3.05, 3.63) is 35.9 Å². The summed E-state index contributed by atoms with van der Waals surface area (Å²) < 4.78 is 10.7. The Hall–Kier alpha value is -2.04. The number of carbonyl (C=O) groups is 2. The zero-order chi connectivity index (χ0) is 18.0. The summed E-state index contributed by atoms with van der Waals surface area (Å²) in [5.41, 5.74) is 0.0844. The molecule has 1 saturated carbocycles. The Morgan fingerprint density at radius 1 is 1.21 bits per heavy atom. The number of benzene rings is 1. The van der Waals surface area contributed by atoms with E-state index in [2.05, 4.69) is 5.32 Å². The summed E-state index contributed by atoms with van der Waals surface area (Å²) in [6, 6.07) is 9.42. The third-order valence-corrected chi connectivity index (χ3v) is 4.46. The van der Waals surface area contributed by atoms with Crippen molar-refractivity contribution in [2.45, 2.75) is 59.3 Å². The fourth-order valence-corrected chi connectivity index (χ4v) is 2.85. The van der Waals surface area contributed by atoms with Gasteiger partial charge in [-0.15, -0.1) is 0 Å². The lowest BCUT2D eigenvalue weighted by molar-refractivity contribution is -0.173. The number of amides is 1. The van der Waals surface area contributed by atoms with Gasteiger partial charge in [-0.25, -0.2) is 4.79 Å². The van der Waals surface area contributed by atoms with Gasteiger partial charge in [0.05, 0.1) is 5.92 Å². The SMILES string of the molecule is CC(C)(C)OC(=O)[C@H]1C[C@@H](NC(=O)OCc2ccccc2)C1(C)C. The first-order valence-electron chi connectivity index (χ1n) is 8.29. The Balaban J connectivity index is 1.82. The third-order valence-electron chi connectivity index (χ3n) is 4.46. The van der Waals surface area contributed by atoms with Gasteiger partial charge in [-0.2, -0.15) is 0 Å². The van der Waals surface area contributed by atoms with Gasteiger partial charge in [0, 0.05) is 6.04 Å². The van der Waals surface area contributed by atoms with Gasteiger partial charge < -0.3 is 14.8 Å². The van der Waals surface area contributed by atoms with E-state index in [9.17, 15) is 9.59 Å². The number of hydrogen-bond donors (Lipinski definition) is 1. The third kappa shape index (κ3) is 4.49. The maximum absolute atomic E-state index is 12.2. The topological polar surface area (TPSA) is 64.6 Å². The Morgan fingerprint density at radius 2 is 1.83 bits per heavy atom. The molecule has 0 radical (unpaired) electrons. The Labute approximate surface area is 143 Å². The minimum Gasteiger partial charge on any atom is -0.460 e. The van der Waals surface area contributed by atoms with Crippen LogP contribution in [0.3, 0.4) is 0 Å². The van der Waals surface area contributed by atoms with E-state index in [0.717, 1.165) is 5.56 Å². The normalized spacial score (nSPS) is 22.2. The van der Waals surface area contributed by atoms with Crippen molar-refractivity contribution in [1.29, 1.82) is 0 Å². The maximum atomic E-state index is 12.2. The molecule has 1 aromatic carbocycles. The van der Waals surface area contributed by atoms with E-state index in [4.69, 9.17) is 9.47 Å². The smallest absolute Gasteiger partial charge is 0.407 e. The van der Waals surface area contributed by atoms with Gasteiger partial charge in [0.1, 0.15) is 12.2 Å². The highest BCUT2D eigenvalue weighted by atomic mass is 16.6. The van der Waals surface area contributed by atoms with Crippen LogP contribution in [0.2, 0.25) is 0 Å². The Bertz CT molecular complexity index is 589. The second kappa shape index (κ2) is 6.83. The summed E-state index contributed by atoms with van der Waals surface area (Å²) in [7, 11) is 0. The van der Waals surface area contributed by atoms with Crippen molar-refractivity contribution in [2.75, 3.05) is 0 Å². The highest BCUT2D eigenvalue weighted by Gasteiger charge is 2.53. The minimum atomic E-state index is -0.500. The second-order valence-corrected chi connectivity index (χ2v) is 7.90. The molecule has 1 aromatic rings. The van der Waals surface area contributed by atoms with Gasteiger partial charge in [0.2, 0.25) is 0 Å². The number of esters is 1. The molecule has 0 unspecified atom stereocenters. The maximum Gasteiger partial charge on any atom is 0.407 e. The van der Waals surface area contributed by atoms with Gasteiger partial charge in [-0.1, -0.05) is 44.2 Å². The molecule has 0 aliphatic heterocycles. The standard InChI is InChI=1S/C19H27NO4/c1-18(2,3)24-16(21)14-11-15(19(14,4)5)20-17(22)23-12-13-9-7-6-8-10-13/h6-10,14-15H,11-12H2,1-5H3,(H,20,22)/t14-,15-/m1/s1. The average Bonchev–Trinajstić information content (AvgIpc) is 2.48. The molecule has 1 fully saturated rings. The number of alkyl carbamates (subject to hydrolysis) is 1. The molecule has 1 aliphatic carbocycles. The van der Waals surface area contributed by atoms with Crippen LogP contribution in [0, 0.1) is 11.3 Å². The van der Waals surface area contributed by atoms with E-state index in [1.54, 1.807) is 0 Å². The van der Waals surface area contributed by atoms with Crippen molar-refractivity contribution in [3.8, 4) is 0 Å². The molecule has 5 nitrogen and oxygen atoms in total. The van der Waals surface area contributed by atoms with Crippen LogP contribution >= 0.6 is 0 Å². The molecule has 0 aromatic heterocycles. The molecule has 0 saturated heterocycles. The monoisotopic (exact) mass is 333 g/mol. The number of ether oxygens (including phenoxy) is 2. The highest BCUT2D eigenvalue weighted by molar-refractivity contribution is 5.76. The lowest BCUT2D eigenvalue weighted by Gasteiger charge is -2.50. The fourth-order valence-electron chi connectivity index (χ4n) is 2.85. The first-order valence-corrected chi connectivity index (χ1v) is 8.29. The predicted molar refractivity (Wildman–Crippen MR) is 91.3 cm³/mol. The van der Waals surface area contributed by atoms with Crippen LogP contribution in [-0.4, -0.2) is 23.7 Å². The first kappa shape index (κ1) is 18.3. The van der Waals surface area contributed by atoms with Crippen LogP contribution in [0.5, 0.6) is 0 Å². The number of nitrogens with one attached hydrogen (secondary N) is 1. The van der Waals surface area contributed by atoms with E-state index in [-0.39, 0.29) is 30.0 Å². The van der Waals surface area contributed by atoms with E-state index in [1.165, 1.54) is 0 Å². The molecular weight excluding hydrogens is 306 g/mol. The Kier molecular flexibility index (Phi) is 5.21. The summed E-state index contributed by atoms with van der Waals surface area (Å²) in [6.07, 6.45) is 0.113. The van der Waals surface area contributed by atoms with Gasteiger partial charge in [-0.3, -0.25) is 4.79 Å². The largest absolute Gasteiger partial charge is 0.460 e. The van der Waals surface area contributed by atoms with Crippen molar-refractivity contribution < 1.29 is 19.1 Å². The van der Waals surface area contributed by atoms with E-state index in [1.807, 2.05) is 65.0 Å². The molecule has 1 amide bonds. The zero-order valence-corrected chi connectivity index (χ0v) is 15.1. The molecule has 0 bridgehead atoms. The second-order valence-electron chi connectivity index (χ2n) is 7.90. The lowest BCUT2D eigenvalue weighted by atomic mass is 9.58. The van der Waals surface area contributed by atoms with Crippen molar-refractivity contribution in [3.63, 3.8) is 0 Å². The molecule has 132 valence electrons. The van der Waals surface area contributed by atoms with E-state index >= 15 is 0 Å². The van der Waals surface area contributed by atoms with Crippen molar-refractivity contribution in [2.24, 2.45) is 11.3 Å². The predicted octanol–water partition coefficient (Wildman–Crippen LogP) is 3.67. The zero-order valence-electron chi connectivity index (χ0n) is 15.1. The van der Waals surface area contributed by atoms with Crippen LogP contribution in [0.1, 0.15) is 46.6 Å². The number of hydrogen-bond acceptors (Lipinski definition) is 4. The van der Waals surface area contributed by atoms with Crippen molar-refractivity contribution in [1.82, 2.24) is 5.32 Å². The molecule has 1 N–H and O–H groups in total. The minimum absolute atomic E-state index is 0.0988. The molecule has 24 heavy (non-hydrogen) atoms. The molecule has 2 atom stereocenters. The van der Waals surface area contributed by atoms with Crippen LogP contribution in [0.15, 0.2) is 30.3 Å². The molecule has 1 aliphatic rings. The summed E-state index contributed by atoms with van der Waals surface area (Å²) in [4.78, 5) is 24.2. The van der Waals surface area contributed by atoms with Crippen LogP contribution in [0.4, 0.5) is 4.79 Å². The quantitative estimate of drug-likeness (QED) is 0.854. The molecule has 5 heteroatoms. The first-order chi connectivity index (χ1) is 11.1.